The molecule has 0 saturated heterocycles. The Morgan fingerprint density at radius 2 is 2.00 bits per heavy atom. The van der Waals surface area contributed by atoms with Crippen LogP contribution in [0.3, 0.4) is 0 Å². The molecule has 1 unspecified atom stereocenters. The van der Waals surface area contributed by atoms with Crippen molar-refractivity contribution in [3.05, 3.63) is 35.4 Å². The van der Waals surface area contributed by atoms with Crippen LogP contribution < -0.4 is 0 Å². The summed E-state index contributed by atoms with van der Waals surface area (Å²) in [4.78, 5) is 24.2. The van der Waals surface area contributed by atoms with E-state index in [1.165, 1.54) is 0 Å². The Balaban J connectivity index is 2.51. The van der Waals surface area contributed by atoms with Crippen molar-refractivity contribution in [2.24, 2.45) is 5.92 Å². The minimum Gasteiger partial charge on any atom is -0.481 e. The van der Waals surface area contributed by atoms with E-state index in [1.807, 2.05) is 31.2 Å². The number of benzene rings is 1. The van der Waals surface area contributed by atoms with Crippen LogP contribution in [0.15, 0.2) is 24.3 Å². The summed E-state index contributed by atoms with van der Waals surface area (Å²) < 4.78 is 0. The molecule has 1 atom stereocenters. The van der Waals surface area contributed by atoms with E-state index in [0.717, 1.165) is 11.1 Å². The van der Waals surface area contributed by atoms with Crippen molar-refractivity contribution in [2.75, 3.05) is 7.05 Å². The minimum atomic E-state index is -0.860. The first-order valence-corrected chi connectivity index (χ1v) is 6.39. The molecule has 0 bridgehead atoms. The van der Waals surface area contributed by atoms with Gasteiger partial charge in [-0.05, 0) is 18.4 Å². The Morgan fingerprint density at radius 1 is 1.32 bits per heavy atom. The average Bonchev–Trinajstić information content (AvgIpc) is 2.27. The minimum absolute atomic E-state index is 0.0183. The van der Waals surface area contributed by atoms with Crippen LogP contribution >= 0.6 is 0 Å². The zero-order valence-corrected chi connectivity index (χ0v) is 11.7. The highest BCUT2D eigenvalue weighted by molar-refractivity contribution is 5.77. The van der Waals surface area contributed by atoms with Crippen LogP contribution in [0.4, 0.5) is 0 Å². The Bertz CT molecular complexity index is 456. The van der Waals surface area contributed by atoms with E-state index in [2.05, 4.69) is 0 Å². The Labute approximate surface area is 114 Å². The highest BCUT2D eigenvalue weighted by atomic mass is 16.4. The molecular weight excluding hydrogens is 242 g/mol. The Kier molecular flexibility index (Phi) is 5.55. The lowest BCUT2D eigenvalue weighted by Crippen LogP contribution is -2.28. The van der Waals surface area contributed by atoms with Gasteiger partial charge in [0.1, 0.15) is 0 Å². The van der Waals surface area contributed by atoms with Gasteiger partial charge in [-0.15, -0.1) is 0 Å². The number of amides is 1. The number of carbonyl (C=O) groups excluding carboxylic acids is 1. The van der Waals surface area contributed by atoms with Gasteiger partial charge in [0, 0.05) is 26.4 Å². The molecule has 0 saturated carbocycles. The Hall–Kier alpha value is -1.84. The van der Waals surface area contributed by atoms with Gasteiger partial charge in [0.05, 0.1) is 0 Å². The number of carboxylic acids is 1. The molecule has 4 heteroatoms. The molecule has 0 aliphatic rings. The lowest BCUT2D eigenvalue weighted by molar-refractivity contribution is -0.138. The zero-order valence-electron chi connectivity index (χ0n) is 11.7. The van der Waals surface area contributed by atoms with Crippen molar-refractivity contribution in [3.8, 4) is 0 Å². The van der Waals surface area contributed by atoms with Crippen LogP contribution in [0, 0.1) is 12.8 Å². The van der Waals surface area contributed by atoms with Crippen LogP contribution in [0.5, 0.6) is 0 Å². The van der Waals surface area contributed by atoms with Gasteiger partial charge in [-0.3, -0.25) is 9.59 Å². The molecule has 1 rings (SSSR count). The van der Waals surface area contributed by atoms with Crippen molar-refractivity contribution >= 4 is 11.9 Å². The van der Waals surface area contributed by atoms with Gasteiger partial charge in [-0.2, -0.15) is 0 Å². The van der Waals surface area contributed by atoms with Crippen molar-refractivity contribution in [1.82, 2.24) is 4.90 Å². The number of hydrogen-bond acceptors (Lipinski definition) is 2. The molecule has 0 aliphatic carbocycles. The molecule has 4 nitrogen and oxygen atoms in total. The van der Waals surface area contributed by atoms with E-state index in [9.17, 15) is 9.59 Å². The summed E-state index contributed by atoms with van der Waals surface area (Å²) in [5.41, 5.74) is 2.25. The molecular formula is C15H21NO3. The molecule has 104 valence electrons. The van der Waals surface area contributed by atoms with Gasteiger partial charge in [-0.25, -0.2) is 0 Å². The summed E-state index contributed by atoms with van der Waals surface area (Å²) in [6.07, 6.45) is 0.304. The summed E-state index contributed by atoms with van der Waals surface area (Å²) in [5.74, 6) is -1.01. The number of carboxylic acid groups (broad SMARTS) is 1. The second-order valence-corrected chi connectivity index (χ2v) is 5.15. The first kappa shape index (κ1) is 15.2. The Morgan fingerprint density at radius 3 is 2.58 bits per heavy atom. The maximum Gasteiger partial charge on any atom is 0.303 e. The maximum atomic E-state index is 12.0. The molecule has 1 aromatic carbocycles. The second-order valence-electron chi connectivity index (χ2n) is 5.15. The fourth-order valence-corrected chi connectivity index (χ4v) is 2.00. The molecule has 1 aromatic rings. The van der Waals surface area contributed by atoms with Crippen molar-refractivity contribution in [2.45, 2.75) is 33.2 Å². The van der Waals surface area contributed by atoms with Crippen molar-refractivity contribution in [1.29, 1.82) is 0 Å². The topological polar surface area (TPSA) is 57.6 Å². The van der Waals surface area contributed by atoms with E-state index in [-0.39, 0.29) is 24.7 Å². The smallest absolute Gasteiger partial charge is 0.303 e. The highest BCUT2D eigenvalue weighted by Crippen LogP contribution is 2.12. The SMILES string of the molecule is Cc1cccc(CN(C)C(=O)CC(C)CC(=O)O)c1. The summed E-state index contributed by atoms with van der Waals surface area (Å²) in [6.45, 7) is 4.35. The number of aliphatic carboxylic acids is 1. The number of nitrogens with zero attached hydrogens (tertiary/aromatic N) is 1. The lowest BCUT2D eigenvalue weighted by Gasteiger charge is -2.19. The van der Waals surface area contributed by atoms with Crippen LogP contribution in [0.1, 0.15) is 30.9 Å². The molecule has 0 heterocycles. The largest absolute Gasteiger partial charge is 0.481 e. The number of carbonyl (C=O) groups is 2. The van der Waals surface area contributed by atoms with Gasteiger partial charge in [-0.1, -0.05) is 36.8 Å². The summed E-state index contributed by atoms with van der Waals surface area (Å²) in [6, 6.07) is 8.01. The van der Waals surface area contributed by atoms with Gasteiger partial charge >= 0.3 is 5.97 Å². The molecule has 1 amide bonds. The third-order valence-corrected chi connectivity index (χ3v) is 2.97. The average molecular weight is 263 g/mol. The number of rotatable bonds is 6. The van der Waals surface area contributed by atoms with Gasteiger partial charge < -0.3 is 10.0 Å². The van der Waals surface area contributed by atoms with Crippen molar-refractivity contribution < 1.29 is 14.7 Å². The molecule has 0 aliphatic heterocycles. The first-order chi connectivity index (χ1) is 8.88. The summed E-state index contributed by atoms with van der Waals surface area (Å²) >= 11 is 0. The van der Waals surface area contributed by atoms with E-state index < -0.39 is 5.97 Å². The van der Waals surface area contributed by atoms with Gasteiger partial charge in [0.15, 0.2) is 0 Å². The van der Waals surface area contributed by atoms with Gasteiger partial charge in [0.2, 0.25) is 5.91 Å². The third kappa shape index (κ3) is 5.55. The molecule has 19 heavy (non-hydrogen) atoms. The molecule has 0 spiro atoms. The second kappa shape index (κ2) is 6.92. The van der Waals surface area contributed by atoms with E-state index in [1.54, 1.807) is 18.9 Å². The predicted octanol–water partition coefficient (Wildman–Crippen LogP) is 2.45. The highest BCUT2D eigenvalue weighted by Gasteiger charge is 2.15. The summed E-state index contributed by atoms with van der Waals surface area (Å²) in [5, 5.41) is 8.68. The van der Waals surface area contributed by atoms with Crippen LogP contribution in [-0.2, 0) is 16.1 Å². The lowest BCUT2D eigenvalue weighted by atomic mass is 10.0. The van der Waals surface area contributed by atoms with Crippen LogP contribution in [0.25, 0.3) is 0 Å². The molecule has 0 fully saturated rings. The summed E-state index contributed by atoms with van der Waals surface area (Å²) in [7, 11) is 1.75. The third-order valence-electron chi connectivity index (χ3n) is 2.97. The molecule has 0 aromatic heterocycles. The fraction of sp³-hybridized carbons (Fsp3) is 0.467. The monoisotopic (exact) mass is 263 g/mol. The van der Waals surface area contributed by atoms with Crippen LogP contribution in [-0.4, -0.2) is 28.9 Å². The number of hydrogen-bond donors (Lipinski definition) is 1. The predicted molar refractivity (Wildman–Crippen MR) is 73.7 cm³/mol. The fourth-order valence-electron chi connectivity index (χ4n) is 2.00. The van der Waals surface area contributed by atoms with Crippen LogP contribution in [0.2, 0.25) is 0 Å². The zero-order chi connectivity index (χ0) is 14.4. The quantitative estimate of drug-likeness (QED) is 0.857. The van der Waals surface area contributed by atoms with Gasteiger partial charge in [0.25, 0.3) is 0 Å². The normalized spacial score (nSPS) is 11.9. The number of aryl methyl sites for hydroxylation is 1. The standard InChI is InChI=1S/C15H21NO3/c1-11-5-4-6-13(7-11)10-16(3)14(17)8-12(2)9-15(18)19/h4-7,12H,8-10H2,1-3H3,(H,18,19). The molecule has 0 radical (unpaired) electrons. The van der Waals surface area contributed by atoms with E-state index >= 15 is 0 Å². The molecule has 1 N–H and O–H groups in total. The maximum absolute atomic E-state index is 12.0. The van der Waals surface area contributed by atoms with Crippen molar-refractivity contribution in [3.63, 3.8) is 0 Å². The van der Waals surface area contributed by atoms with E-state index in [4.69, 9.17) is 5.11 Å². The first-order valence-electron chi connectivity index (χ1n) is 6.39. The van der Waals surface area contributed by atoms with E-state index in [0.29, 0.717) is 6.54 Å².